The van der Waals surface area contributed by atoms with Gasteiger partial charge in [0.05, 0.1) is 18.1 Å². The molecule has 0 saturated carbocycles. The van der Waals surface area contributed by atoms with Crippen molar-refractivity contribution in [1.29, 1.82) is 0 Å². The van der Waals surface area contributed by atoms with E-state index in [1.165, 1.54) is 0 Å². The number of ether oxygens (including phenoxy) is 1. The number of morpholine rings is 1. The van der Waals surface area contributed by atoms with Crippen molar-refractivity contribution in [1.82, 2.24) is 20.4 Å². The molecule has 1 saturated heterocycles. The molecular formula is C18H24N4O3. The van der Waals surface area contributed by atoms with Crippen LogP contribution in [0.15, 0.2) is 29.1 Å². The lowest BCUT2D eigenvalue weighted by atomic mass is 10.1. The van der Waals surface area contributed by atoms with Crippen LogP contribution in [-0.4, -0.2) is 59.9 Å². The van der Waals surface area contributed by atoms with Crippen molar-refractivity contribution >= 4 is 16.7 Å². The minimum absolute atomic E-state index is 0.0366. The van der Waals surface area contributed by atoms with Gasteiger partial charge in [0.2, 0.25) is 0 Å². The lowest BCUT2D eigenvalue weighted by Gasteiger charge is -2.33. The van der Waals surface area contributed by atoms with E-state index in [9.17, 15) is 9.59 Å². The van der Waals surface area contributed by atoms with Crippen molar-refractivity contribution < 1.29 is 9.53 Å². The van der Waals surface area contributed by atoms with Gasteiger partial charge < -0.3 is 10.1 Å². The molecule has 2 N–H and O–H groups in total. The second kappa shape index (κ2) is 7.76. The zero-order chi connectivity index (χ0) is 17.8. The molecule has 1 atom stereocenters. The third kappa shape index (κ3) is 4.24. The van der Waals surface area contributed by atoms with Crippen LogP contribution >= 0.6 is 0 Å². The SMILES string of the molecule is CC(C)CN1CCO[C@@H](CNC(=O)c2n[nH]c(=O)c3ccccc23)C1. The molecule has 1 aliphatic heterocycles. The average molecular weight is 344 g/mol. The standard InChI is InChI=1S/C18H24N4O3/c1-12(2)10-22-7-8-25-13(11-22)9-19-18(24)16-14-5-3-4-6-15(14)17(23)21-20-16/h3-6,12-13H,7-11H2,1-2H3,(H,19,24)(H,21,23)/t13-/m0/s1. The molecule has 1 fully saturated rings. The fourth-order valence-electron chi connectivity index (χ4n) is 3.16. The van der Waals surface area contributed by atoms with Gasteiger partial charge in [-0.25, -0.2) is 5.10 Å². The number of hydrogen-bond acceptors (Lipinski definition) is 5. The third-order valence-corrected chi connectivity index (χ3v) is 4.25. The van der Waals surface area contributed by atoms with Gasteiger partial charge in [-0.2, -0.15) is 5.10 Å². The summed E-state index contributed by atoms with van der Waals surface area (Å²) in [4.78, 5) is 26.7. The summed E-state index contributed by atoms with van der Waals surface area (Å²) in [5, 5.41) is 10.2. The normalized spacial score (nSPS) is 18.6. The highest BCUT2D eigenvalue weighted by Crippen LogP contribution is 2.12. The number of H-pyrrole nitrogens is 1. The third-order valence-electron chi connectivity index (χ3n) is 4.25. The van der Waals surface area contributed by atoms with Crippen LogP contribution in [0.3, 0.4) is 0 Å². The minimum atomic E-state index is -0.308. The number of fused-ring (bicyclic) bond motifs is 1. The molecule has 2 aromatic rings. The van der Waals surface area contributed by atoms with Crippen molar-refractivity contribution in [2.45, 2.75) is 20.0 Å². The first-order chi connectivity index (χ1) is 12.0. The predicted octanol–water partition coefficient (Wildman–Crippen LogP) is 1.01. The van der Waals surface area contributed by atoms with Gasteiger partial charge in [0.15, 0.2) is 5.69 Å². The molecule has 7 nitrogen and oxygen atoms in total. The Bertz CT molecular complexity index is 802. The minimum Gasteiger partial charge on any atom is -0.374 e. The van der Waals surface area contributed by atoms with Gasteiger partial charge in [-0.15, -0.1) is 0 Å². The summed E-state index contributed by atoms with van der Waals surface area (Å²) in [6.07, 6.45) is -0.0366. The number of hydrogen-bond donors (Lipinski definition) is 2. The zero-order valence-electron chi connectivity index (χ0n) is 14.6. The molecular weight excluding hydrogens is 320 g/mol. The van der Waals surface area contributed by atoms with Gasteiger partial charge in [0.25, 0.3) is 11.5 Å². The molecule has 2 heterocycles. The Labute approximate surface area is 146 Å². The number of aromatic nitrogens is 2. The Hall–Kier alpha value is -2.25. The molecule has 0 aliphatic carbocycles. The quantitative estimate of drug-likeness (QED) is 0.845. The summed E-state index contributed by atoms with van der Waals surface area (Å²) >= 11 is 0. The molecule has 25 heavy (non-hydrogen) atoms. The van der Waals surface area contributed by atoms with E-state index in [1.807, 2.05) is 0 Å². The van der Waals surface area contributed by atoms with Crippen LogP contribution in [0.5, 0.6) is 0 Å². The highest BCUT2D eigenvalue weighted by atomic mass is 16.5. The molecule has 134 valence electrons. The molecule has 3 rings (SSSR count). The molecule has 0 spiro atoms. The Morgan fingerprint density at radius 3 is 2.92 bits per heavy atom. The number of amides is 1. The van der Waals surface area contributed by atoms with Crippen molar-refractivity contribution in [3.8, 4) is 0 Å². The van der Waals surface area contributed by atoms with Crippen LogP contribution in [0.1, 0.15) is 24.3 Å². The number of aromatic amines is 1. The first-order valence-corrected chi connectivity index (χ1v) is 8.64. The van der Waals surface area contributed by atoms with Crippen LogP contribution in [0.25, 0.3) is 10.8 Å². The second-order valence-corrected chi connectivity index (χ2v) is 6.80. The molecule has 0 unspecified atom stereocenters. The first kappa shape index (κ1) is 17.6. The van der Waals surface area contributed by atoms with Crippen LogP contribution in [0, 0.1) is 5.92 Å². The molecule has 1 aliphatic rings. The fourth-order valence-corrected chi connectivity index (χ4v) is 3.16. The van der Waals surface area contributed by atoms with E-state index in [0.717, 1.165) is 19.6 Å². The van der Waals surface area contributed by atoms with Gasteiger partial charge in [-0.3, -0.25) is 14.5 Å². The van der Waals surface area contributed by atoms with E-state index in [1.54, 1.807) is 24.3 Å². The van der Waals surface area contributed by atoms with E-state index in [0.29, 0.717) is 29.8 Å². The summed E-state index contributed by atoms with van der Waals surface area (Å²) in [5.41, 5.74) is -0.0721. The zero-order valence-corrected chi connectivity index (χ0v) is 14.6. The van der Waals surface area contributed by atoms with E-state index in [4.69, 9.17) is 4.74 Å². The Morgan fingerprint density at radius 1 is 1.40 bits per heavy atom. The summed E-state index contributed by atoms with van der Waals surface area (Å²) in [6, 6.07) is 6.96. The van der Waals surface area contributed by atoms with Crippen molar-refractivity contribution in [2.75, 3.05) is 32.8 Å². The molecule has 7 heteroatoms. The van der Waals surface area contributed by atoms with Gasteiger partial charge in [-0.05, 0) is 12.0 Å². The number of carbonyl (C=O) groups is 1. The van der Waals surface area contributed by atoms with Crippen LogP contribution in [-0.2, 0) is 4.74 Å². The molecule has 0 radical (unpaired) electrons. The smallest absolute Gasteiger partial charge is 0.272 e. The number of rotatable bonds is 5. The Balaban J connectivity index is 1.65. The number of nitrogens with one attached hydrogen (secondary N) is 2. The Morgan fingerprint density at radius 2 is 2.16 bits per heavy atom. The second-order valence-electron chi connectivity index (χ2n) is 6.80. The topological polar surface area (TPSA) is 87.3 Å². The van der Waals surface area contributed by atoms with Crippen LogP contribution in [0.4, 0.5) is 0 Å². The highest BCUT2D eigenvalue weighted by molar-refractivity contribution is 6.04. The van der Waals surface area contributed by atoms with Crippen LogP contribution < -0.4 is 10.9 Å². The summed E-state index contributed by atoms with van der Waals surface area (Å²) in [7, 11) is 0. The van der Waals surface area contributed by atoms with Crippen molar-refractivity contribution in [2.24, 2.45) is 5.92 Å². The van der Waals surface area contributed by atoms with Crippen LogP contribution in [0.2, 0.25) is 0 Å². The fraction of sp³-hybridized carbons (Fsp3) is 0.500. The van der Waals surface area contributed by atoms with Gasteiger partial charge in [0.1, 0.15) is 0 Å². The number of carbonyl (C=O) groups excluding carboxylic acids is 1. The Kier molecular flexibility index (Phi) is 5.45. The van der Waals surface area contributed by atoms with E-state index in [-0.39, 0.29) is 23.3 Å². The predicted molar refractivity (Wildman–Crippen MR) is 95.7 cm³/mol. The van der Waals surface area contributed by atoms with Gasteiger partial charge >= 0.3 is 0 Å². The maximum Gasteiger partial charge on any atom is 0.272 e. The monoisotopic (exact) mass is 344 g/mol. The molecule has 1 amide bonds. The van der Waals surface area contributed by atoms with Crippen molar-refractivity contribution in [3.05, 3.63) is 40.3 Å². The summed E-state index contributed by atoms with van der Waals surface area (Å²) < 4.78 is 5.75. The lowest BCUT2D eigenvalue weighted by molar-refractivity contribution is -0.0295. The molecule has 1 aromatic carbocycles. The average Bonchev–Trinajstić information content (AvgIpc) is 2.60. The van der Waals surface area contributed by atoms with E-state index >= 15 is 0 Å². The molecule has 0 bridgehead atoms. The largest absolute Gasteiger partial charge is 0.374 e. The maximum atomic E-state index is 12.5. The molecule has 1 aromatic heterocycles. The lowest BCUT2D eigenvalue weighted by Crippen LogP contribution is -2.48. The first-order valence-electron chi connectivity index (χ1n) is 8.64. The van der Waals surface area contributed by atoms with Gasteiger partial charge in [0, 0.05) is 31.6 Å². The van der Waals surface area contributed by atoms with Gasteiger partial charge in [-0.1, -0.05) is 32.0 Å². The highest BCUT2D eigenvalue weighted by Gasteiger charge is 2.22. The van der Waals surface area contributed by atoms with E-state index < -0.39 is 0 Å². The number of nitrogens with zero attached hydrogens (tertiary/aromatic N) is 2. The van der Waals surface area contributed by atoms with Crippen molar-refractivity contribution in [3.63, 3.8) is 0 Å². The summed E-state index contributed by atoms with van der Waals surface area (Å²) in [5.74, 6) is 0.294. The van der Waals surface area contributed by atoms with E-state index in [2.05, 4.69) is 34.3 Å². The maximum absolute atomic E-state index is 12.5. The number of benzene rings is 1. The summed E-state index contributed by atoms with van der Waals surface area (Å²) in [6.45, 7) is 8.24.